The lowest BCUT2D eigenvalue weighted by atomic mass is 9.99. The van der Waals surface area contributed by atoms with E-state index in [-0.39, 0.29) is 11.9 Å². The standard InChI is InChI=1S/C16H22N6OS/c1-11-9-19-16(24-11)21-15-18-7-6-12(20-15)13-5-3-4-8-22(13)14(23)10-17-2/h6-7,9,13,17H,3-5,8,10H2,1-2H3,(H,18,19,20,21). The number of likely N-dealkylation sites (tertiary alicyclic amines) is 1. The number of amides is 1. The van der Waals surface area contributed by atoms with Crippen LogP contribution in [0.1, 0.15) is 35.9 Å². The third kappa shape index (κ3) is 3.88. The summed E-state index contributed by atoms with van der Waals surface area (Å²) in [7, 11) is 1.79. The smallest absolute Gasteiger partial charge is 0.237 e. The average Bonchev–Trinajstić information content (AvgIpc) is 3.00. The van der Waals surface area contributed by atoms with Crippen LogP contribution in [0.15, 0.2) is 18.5 Å². The lowest BCUT2D eigenvalue weighted by molar-refractivity contribution is -0.134. The van der Waals surface area contributed by atoms with Gasteiger partial charge in [0.15, 0.2) is 5.13 Å². The molecule has 0 saturated carbocycles. The molecular formula is C16H22N6OS. The molecule has 1 aliphatic heterocycles. The van der Waals surface area contributed by atoms with E-state index in [1.165, 1.54) is 0 Å². The Morgan fingerprint density at radius 2 is 2.29 bits per heavy atom. The molecule has 2 aromatic heterocycles. The van der Waals surface area contributed by atoms with E-state index < -0.39 is 0 Å². The lowest BCUT2D eigenvalue weighted by Crippen LogP contribution is -2.42. The number of aryl methyl sites for hydroxylation is 1. The highest BCUT2D eigenvalue weighted by atomic mass is 32.1. The zero-order valence-corrected chi connectivity index (χ0v) is 14.8. The molecule has 1 fully saturated rings. The minimum Gasteiger partial charge on any atom is -0.333 e. The van der Waals surface area contributed by atoms with E-state index in [1.807, 2.05) is 24.1 Å². The predicted molar refractivity (Wildman–Crippen MR) is 94.4 cm³/mol. The zero-order chi connectivity index (χ0) is 16.9. The third-order valence-corrected chi connectivity index (χ3v) is 4.84. The maximum atomic E-state index is 12.4. The number of likely N-dealkylation sites (N-methyl/N-ethyl adjacent to an activating group) is 1. The van der Waals surface area contributed by atoms with Gasteiger partial charge in [0, 0.05) is 23.8 Å². The number of aromatic nitrogens is 3. The van der Waals surface area contributed by atoms with Crippen molar-refractivity contribution < 1.29 is 4.79 Å². The van der Waals surface area contributed by atoms with Gasteiger partial charge in [0.25, 0.3) is 0 Å². The van der Waals surface area contributed by atoms with Gasteiger partial charge >= 0.3 is 0 Å². The van der Waals surface area contributed by atoms with Crippen LogP contribution in [0.25, 0.3) is 0 Å². The summed E-state index contributed by atoms with van der Waals surface area (Å²) in [4.78, 5) is 28.6. The van der Waals surface area contributed by atoms with Gasteiger partial charge in [0.1, 0.15) is 0 Å². The first kappa shape index (κ1) is 16.8. The normalized spacial score (nSPS) is 17.8. The summed E-state index contributed by atoms with van der Waals surface area (Å²) in [5.74, 6) is 0.638. The third-order valence-electron chi connectivity index (χ3n) is 4.01. The summed E-state index contributed by atoms with van der Waals surface area (Å²) in [6.45, 7) is 3.14. The molecule has 2 N–H and O–H groups in total. The van der Waals surface area contributed by atoms with Crippen LogP contribution in [0.5, 0.6) is 0 Å². The van der Waals surface area contributed by atoms with Crippen LogP contribution in [-0.4, -0.2) is 45.9 Å². The van der Waals surface area contributed by atoms with Crippen molar-refractivity contribution in [1.29, 1.82) is 0 Å². The number of rotatable bonds is 5. The molecule has 3 heterocycles. The molecule has 1 saturated heterocycles. The van der Waals surface area contributed by atoms with Crippen molar-refractivity contribution in [2.24, 2.45) is 0 Å². The monoisotopic (exact) mass is 346 g/mol. The molecule has 24 heavy (non-hydrogen) atoms. The number of hydrogen-bond acceptors (Lipinski definition) is 7. The van der Waals surface area contributed by atoms with Gasteiger partial charge in [-0.25, -0.2) is 15.0 Å². The van der Waals surface area contributed by atoms with Crippen molar-refractivity contribution in [1.82, 2.24) is 25.2 Å². The van der Waals surface area contributed by atoms with Crippen LogP contribution in [0.3, 0.4) is 0 Å². The first-order chi connectivity index (χ1) is 11.7. The summed E-state index contributed by atoms with van der Waals surface area (Å²) in [6.07, 6.45) is 6.63. The van der Waals surface area contributed by atoms with Gasteiger partial charge < -0.3 is 15.5 Å². The summed E-state index contributed by atoms with van der Waals surface area (Å²) >= 11 is 1.56. The first-order valence-corrected chi connectivity index (χ1v) is 8.95. The van der Waals surface area contributed by atoms with Gasteiger partial charge in [0.05, 0.1) is 18.3 Å². The summed E-state index contributed by atoms with van der Waals surface area (Å²) in [5, 5.41) is 6.86. The highest BCUT2D eigenvalue weighted by molar-refractivity contribution is 7.15. The van der Waals surface area contributed by atoms with Crippen LogP contribution < -0.4 is 10.6 Å². The predicted octanol–water partition coefficient (Wildman–Crippen LogP) is 2.26. The Balaban J connectivity index is 1.79. The second-order valence-corrected chi connectivity index (χ2v) is 7.07. The van der Waals surface area contributed by atoms with Crippen LogP contribution in [-0.2, 0) is 4.79 Å². The van der Waals surface area contributed by atoms with E-state index >= 15 is 0 Å². The molecular weight excluding hydrogens is 324 g/mol. The summed E-state index contributed by atoms with van der Waals surface area (Å²) in [6, 6.07) is 1.91. The van der Waals surface area contributed by atoms with Gasteiger partial charge in [-0.1, -0.05) is 0 Å². The topological polar surface area (TPSA) is 83.0 Å². The zero-order valence-electron chi connectivity index (χ0n) is 14.0. The van der Waals surface area contributed by atoms with Gasteiger partial charge in [-0.15, -0.1) is 11.3 Å². The Morgan fingerprint density at radius 1 is 1.42 bits per heavy atom. The Bertz CT molecular complexity index is 703. The summed E-state index contributed by atoms with van der Waals surface area (Å²) < 4.78 is 0. The first-order valence-electron chi connectivity index (χ1n) is 8.14. The molecule has 8 heteroatoms. The molecule has 1 unspecified atom stereocenters. The number of nitrogens with zero attached hydrogens (tertiary/aromatic N) is 4. The van der Waals surface area contributed by atoms with Crippen molar-refractivity contribution in [2.75, 3.05) is 25.5 Å². The molecule has 3 rings (SSSR count). The number of carbonyl (C=O) groups is 1. The van der Waals surface area contributed by atoms with Crippen molar-refractivity contribution in [3.8, 4) is 0 Å². The Kier molecular flexibility index (Phi) is 5.37. The van der Waals surface area contributed by atoms with Crippen LogP contribution in [0.2, 0.25) is 0 Å². The molecule has 128 valence electrons. The number of carbonyl (C=O) groups excluding carboxylic acids is 1. The molecule has 1 atom stereocenters. The molecule has 0 bridgehead atoms. The fourth-order valence-electron chi connectivity index (χ4n) is 2.92. The average molecular weight is 346 g/mol. The molecule has 1 amide bonds. The fraction of sp³-hybridized carbons (Fsp3) is 0.500. The fourth-order valence-corrected chi connectivity index (χ4v) is 3.58. The van der Waals surface area contributed by atoms with Gasteiger partial charge in [-0.2, -0.15) is 0 Å². The molecule has 2 aromatic rings. The van der Waals surface area contributed by atoms with Crippen molar-refractivity contribution in [3.63, 3.8) is 0 Å². The Morgan fingerprint density at radius 3 is 3.04 bits per heavy atom. The van der Waals surface area contributed by atoms with E-state index in [9.17, 15) is 4.79 Å². The minimum absolute atomic E-state index is 0.0150. The van der Waals surface area contributed by atoms with Crippen LogP contribution in [0, 0.1) is 6.92 Å². The number of anilines is 2. The number of piperidine rings is 1. The molecule has 0 aliphatic carbocycles. The quantitative estimate of drug-likeness (QED) is 0.864. The Labute approximate surface area is 145 Å². The van der Waals surface area contributed by atoms with Crippen LogP contribution >= 0.6 is 11.3 Å². The molecule has 1 aliphatic rings. The maximum absolute atomic E-state index is 12.4. The second-order valence-electron chi connectivity index (χ2n) is 5.84. The van der Waals surface area contributed by atoms with Crippen LogP contribution in [0.4, 0.5) is 11.1 Å². The van der Waals surface area contributed by atoms with Crippen molar-refractivity contribution in [2.45, 2.75) is 32.2 Å². The highest BCUT2D eigenvalue weighted by Gasteiger charge is 2.28. The number of hydrogen-bond donors (Lipinski definition) is 2. The summed E-state index contributed by atoms with van der Waals surface area (Å²) in [5.41, 5.74) is 0.880. The van der Waals surface area contributed by atoms with Gasteiger partial charge in [-0.3, -0.25) is 4.79 Å². The van der Waals surface area contributed by atoms with E-state index in [2.05, 4.69) is 25.6 Å². The molecule has 0 spiro atoms. The SMILES string of the molecule is CNCC(=O)N1CCCCC1c1ccnc(Nc2ncc(C)s2)n1. The van der Waals surface area contributed by atoms with Gasteiger partial charge in [0.2, 0.25) is 11.9 Å². The Hall–Kier alpha value is -2.06. The number of thiazole rings is 1. The highest BCUT2D eigenvalue weighted by Crippen LogP contribution is 2.30. The van der Waals surface area contributed by atoms with Crippen molar-refractivity contribution >= 4 is 28.3 Å². The maximum Gasteiger partial charge on any atom is 0.237 e. The second kappa shape index (κ2) is 7.67. The lowest BCUT2D eigenvalue weighted by Gasteiger charge is -2.35. The molecule has 0 aromatic carbocycles. The van der Waals surface area contributed by atoms with E-state index in [0.29, 0.717) is 12.5 Å². The molecule has 0 radical (unpaired) electrons. The van der Waals surface area contributed by atoms with Crippen molar-refractivity contribution in [3.05, 3.63) is 29.0 Å². The largest absolute Gasteiger partial charge is 0.333 e. The van der Waals surface area contributed by atoms with E-state index in [0.717, 1.165) is 41.5 Å². The molecule has 7 nitrogen and oxygen atoms in total. The van der Waals surface area contributed by atoms with Gasteiger partial charge in [-0.05, 0) is 39.3 Å². The number of nitrogens with one attached hydrogen (secondary N) is 2. The van der Waals surface area contributed by atoms with E-state index in [1.54, 1.807) is 24.6 Å². The minimum atomic E-state index is 0.0150. The van der Waals surface area contributed by atoms with E-state index in [4.69, 9.17) is 0 Å².